The highest BCUT2D eigenvalue weighted by Crippen LogP contribution is 2.18. The zero-order chi connectivity index (χ0) is 15.5. The number of carbonyl (C=O) groups excluding carboxylic acids is 1. The Balaban J connectivity index is 1.79. The Labute approximate surface area is 127 Å². The van der Waals surface area contributed by atoms with Crippen molar-refractivity contribution in [1.29, 1.82) is 0 Å². The molecular weight excluding hydrogens is 281 g/mol. The summed E-state index contributed by atoms with van der Waals surface area (Å²) in [5.74, 6) is -0.612. The Morgan fingerprint density at radius 3 is 2.64 bits per heavy atom. The van der Waals surface area contributed by atoms with E-state index in [2.05, 4.69) is 10.3 Å². The first-order valence-electron chi connectivity index (χ1n) is 6.80. The van der Waals surface area contributed by atoms with Gasteiger partial charge in [-0.2, -0.15) is 0 Å². The number of carbonyl (C=O) groups is 1. The van der Waals surface area contributed by atoms with Crippen LogP contribution in [0.3, 0.4) is 0 Å². The molecule has 1 aromatic heterocycles. The third kappa shape index (κ3) is 2.74. The van der Waals surface area contributed by atoms with E-state index in [1.807, 2.05) is 22.9 Å². The molecular formula is C17H14FN3O. The van der Waals surface area contributed by atoms with Crippen LogP contribution in [0, 0.1) is 12.7 Å². The van der Waals surface area contributed by atoms with E-state index in [1.165, 1.54) is 6.07 Å². The molecule has 0 aliphatic heterocycles. The van der Waals surface area contributed by atoms with Crippen molar-refractivity contribution in [3.05, 3.63) is 78.1 Å². The van der Waals surface area contributed by atoms with E-state index in [1.54, 1.807) is 43.7 Å². The van der Waals surface area contributed by atoms with Gasteiger partial charge in [0.05, 0.1) is 6.33 Å². The van der Waals surface area contributed by atoms with Crippen molar-refractivity contribution < 1.29 is 9.18 Å². The van der Waals surface area contributed by atoms with Crippen molar-refractivity contribution in [2.75, 3.05) is 5.32 Å². The monoisotopic (exact) mass is 295 g/mol. The molecule has 1 heterocycles. The van der Waals surface area contributed by atoms with Crippen molar-refractivity contribution in [3.63, 3.8) is 0 Å². The molecule has 2 aromatic carbocycles. The van der Waals surface area contributed by atoms with E-state index < -0.39 is 0 Å². The molecule has 5 heteroatoms. The number of amides is 1. The number of imidazole rings is 1. The normalized spacial score (nSPS) is 10.5. The number of halogens is 1. The molecule has 3 aromatic rings. The minimum Gasteiger partial charge on any atom is -0.322 e. The molecule has 0 aliphatic carbocycles. The maximum atomic E-state index is 13.5. The molecule has 0 bridgehead atoms. The van der Waals surface area contributed by atoms with E-state index in [9.17, 15) is 9.18 Å². The summed E-state index contributed by atoms with van der Waals surface area (Å²) < 4.78 is 15.3. The van der Waals surface area contributed by atoms with Gasteiger partial charge in [0, 0.05) is 34.9 Å². The van der Waals surface area contributed by atoms with Crippen LogP contribution in [0.25, 0.3) is 5.69 Å². The van der Waals surface area contributed by atoms with Gasteiger partial charge in [-0.3, -0.25) is 4.79 Å². The minimum atomic E-state index is -0.340. The highest BCUT2D eigenvalue weighted by molar-refractivity contribution is 6.04. The quantitative estimate of drug-likeness (QED) is 0.803. The Hall–Kier alpha value is -2.95. The molecule has 0 aliphatic rings. The van der Waals surface area contributed by atoms with E-state index in [-0.39, 0.29) is 11.7 Å². The third-order valence-corrected chi connectivity index (χ3v) is 3.45. The van der Waals surface area contributed by atoms with Crippen LogP contribution >= 0.6 is 0 Å². The van der Waals surface area contributed by atoms with Crippen molar-refractivity contribution in [3.8, 4) is 5.69 Å². The number of rotatable bonds is 3. The van der Waals surface area contributed by atoms with Crippen molar-refractivity contribution in [2.45, 2.75) is 6.92 Å². The number of aromatic nitrogens is 2. The zero-order valence-electron chi connectivity index (χ0n) is 12.0. The summed E-state index contributed by atoms with van der Waals surface area (Å²) in [6.07, 6.45) is 5.20. The van der Waals surface area contributed by atoms with E-state index in [4.69, 9.17) is 0 Å². The van der Waals surface area contributed by atoms with Gasteiger partial charge in [-0.05, 0) is 43.3 Å². The van der Waals surface area contributed by atoms with Gasteiger partial charge in [0.25, 0.3) is 5.91 Å². The predicted octanol–water partition coefficient (Wildman–Crippen LogP) is 3.57. The van der Waals surface area contributed by atoms with Crippen molar-refractivity contribution in [1.82, 2.24) is 9.55 Å². The van der Waals surface area contributed by atoms with E-state index >= 15 is 0 Å². The zero-order valence-corrected chi connectivity index (χ0v) is 12.0. The van der Waals surface area contributed by atoms with Crippen LogP contribution in [-0.2, 0) is 0 Å². The molecule has 0 atom stereocenters. The molecule has 4 nitrogen and oxygen atoms in total. The summed E-state index contributed by atoms with van der Waals surface area (Å²) in [6.45, 7) is 1.63. The van der Waals surface area contributed by atoms with E-state index in [0.29, 0.717) is 16.8 Å². The van der Waals surface area contributed by atoms with Crippen LogP contribution in [0.5, 0.6) is 0 Å². The van der Waals surface area contributed by atoms with Gasteiger partial charge < -0.3 is 9.88 Å². The minimum absolute atomic E-state index is 0.272. The van der Waals surface area contributed by atoms with Crippen LogP contribution in [-0.4, -0.2) is 15.5 Å². The molecule has 0 spiro atoms. The second kappa shape index (κ2) is 5.81. The van der Waals surface area contributed by atoms with Gasteiger partial charge in [0.2, 0.25) is 0 Å². The maximum absolute atomic E-state index is 13.5. The standard InChI is InChI=1S/C17H14FN3O/c1-12-15(18)3-2-4-16(12)20-17(22)13-5-7-14(8-6-13)21-10-9-19-11-21/h2-11H,1H3,(H,20,22). The van der Waals surface area contributed by atoms with Crippen LogP contribution in [0.4, 0.5) is 10.1 Å². The molecule has 0 radical (unpaired) electrons. The highest BCUT2D eigenvalue weighted by atomic mass is 19.1. The second-order valence-corrected chi connectivity index (χ2v) is 4.88. The average Bonchev–Trinajstić information content (AvgIpc) is 3.06. The summed E-state index contributed by atoms with van der Waals surface area (Å²) in [7, 11) is 0. The first-order valence-corrected chi connectivity index (χ1v) is 6.80. The summed E-state index contributed by atoms with van der Waals surface area (Å²) in [6, 6.07) is 11.7. The van der Waals surface area contributed by atoms with Gasteiger partial charge in [-0.1, -0.05) is 6.07 Å². The number of nitrogens with zero attached hydrogens (tertiary/aromatic N) is 2. The van der Waals surface area contributed by atoms with Gasteiger partial charge in [-0.25, -0.2) is 9.37 Å². The first kappa shape index (κ1) is 14.0. The van der Waals surface area contributed by atoms with Crippen molar-refractivity contribution >= 4 is 11.6 Å². The highest BCUT2D eigenvalue weighted by Gasteiger charge is 2.09. The van der Waals surface area contributed by atoms with Crippen molar-refractivity contribution in [2.24, 2.45) is 0 Å². The SMILES string of the molecule is Cc1c(F)cccc1NC(=O)c1ccc(-n2ccnc2)cc1. The summed E-state index contributed by atoms with van der Waals surface area (Å²) in [5, 5.41) is 2.72. The fourth-order valence-corrected chi connectivity index (χ4v) is 2.13. The van der Waals surface area contributed by atoms with Crippen LogP contribution < -0.4 is 5.32 Å². The van der Waals surface area contributed by atoms with Crippen LogP contribution in [0.1, 0.15) is 15.9 Å². The molecule has 22 heavy (non-hydrogen) atoms. The lowest BCUT2D eigenvalue weighted by Gasteiger charge is -2.09. The smallest absolute Gasteiger partial charge is 0.255 e. The summed E-state index contributed by atoms with van der Waals surface area (Å²) >= 11 is 0. The van der Waals surface area contributed by atoms with Gasteiger partial charge >= 0.3 is 0 Å². The Morgan fingerprint density at radius 2 is 1.95 bits per heavy atom. The number of nitrogens with one attached hydrogen (secondary N) is 1. The number of anilines is 1. The lowest BCUT2D eigenvalue weighted by molar-refractivity contribution is 0.102. The Kier molecular flexibility index (Phi) is 3.70. The Bertz CT molecular complexity index is 795. The second-order valence-electron chi connectivity index (χ2n) is 4.88. The molecule has 0 unspecified atom stereocenters. The lowest BCUT2D eigenvalue weighted by atomic mass is 10.1. The molecule has 1 N–H and O–H groups in total. The molecule has 1 amide bonds. The third-order valence-electron chi connectivity index (χ3n) is 3.45. The van der Waals surface area contributed by atoms with Gasteiger partial charge in [-0.15, -0.1) is 0 Å². The topological polar surface area (TPSA) is 46.9 Å². The number of benzene rings is 2. The molecule has 0 saturated heterocycles. The lowest BCUT2D eigenvalue weighted by Crippen LogP contribution is -2.13. The van der Waals surface area contributed by atoms with Gasteiger partial charge in [0.1, 0.15) is 5.82 Å². The molecule has 3 rings (SSSR count). The van der Waals surface area contributed by atoms with Crippen LogP contribution in [0.2, 0.25) is 0 Å². The summed E-state index contributed by atoms with van der Waals surface area (Å²) in [4.78, 5) is 16.2. The molecule has 0 fully saturated rings. The largest absolute Gasteiger partial charge is 0.322 e. The van der Waals surface area contributed by atoms with Crippen LogP contribution in [0.15, 0.2) is 61.2 Å². The number of hydrogen-bond donors (Lipinski definition) is 1. The molecule has 0 saturated carbocycles. The molecule has 110 valence electrons. The van der Waals surface area contributed by atoms with E-state index in [0.717, 1.165) is 5.69 Å². The fraction of sp³-hybridized carbons (Fsp3) is 0.0588. The maximum Gasteiger partial charge on any atom is 0.255 e. The fourth-order valence-electron chi connectivity index (χ4n) is 2.13. The van der Waals surface area contributed by atoms with Gasteiger partial charge in [0.15, 0.2) is 0 Å². The summed E-state index contributed by atoms with van der Waals surface area (Å²) in [5.41, 5.74) is 2.32. The Morgan fingerprint density at radius 1 is 1.18 bits per heavy atom. The first-order chi connectivity index (χ1) is 10.6. The number of hydrogen-bond acceptors (Lipinski definition) is 2. The average molecular weight is 295 g/mol. The predicted molar refractivity (Wildman–Crippen MR) is 82.7 cm³/mol.